The average molecular weight is 671 g/mol. The Hall–Kier alpha value is -2.04. The van der Waals surface area contributed by atoms with E-state index in [0.717, 1.165) is 45.3 Å². The molecule has 6 rings (SSSR count). The molecule has 4 aliphatic carbocycles. The van der Waals surface area contributed by atoms with Crippen LogP contribution in [0.1, 0.15) is 115 Å². The van der Waals surface area contributed by atoms with E-state index in [9.17, 15) is 9.90 Å². The first kappa shape index (κ1) is 37.2. The van der Waals surface area contributed by atoms with Crippen molar-refractivity contribution < 1.29 is 19.4 Å². The Morgan fingerprint density at radius 2 is 1.81 bits per heavy atom. The second-order valence-corrected chi connectivity index (χ2v) is 18.7. The molecular weight excluding hydrogens is 604 g/mol. The number of carboxylic acid groups (broad SMARTS) is 1. The molecule has 272 valence electrons. The molecule has 48 heavy (non-hydrogen) atoms. The minimum atomic E-state index is -0.588. The molecule has 6 N–H and O–H groups in total. The topological polar surface area (TPSA) is 162 Å². The number of fused-ring (bicyclic) bond motifs is 3. The molecule has 4 fully saturated rings. The number of anilines is 1. The van der Waals surface area contributed by atoms with Crippen LogP contribution in [-0.4, -0.2) is 63.2 Å². The van der Waals surface area contributed by atoms with Crippen molar-refractivity contribution in [2.75, 3.05) is 25.6 Å². The van der Waals surface area contributed by atoms with Crippen molar-refractivity contribution in [3.63, 3.8) is 0 Å². The number of carbonyl (C=O) groups is 1. The van der Waals surface area contributed by atoms with Gasteiger partial charge in [0.1, 0.15) is 0 Å². The van der Waals surface area contributed by atoms with Gasteiger partial charge in [0.25, 0.3) is 5.95 Å². The van der Waals surface area contributed by atoms with Crippen LogP contribution < -0.4 is 11.5 Å². The Morgan fingerprint density at radius 1 is 1.12 bits per heavy atom. The van der Waals surface area contributed by atoms with Crippen molar-refractivity contribution in [2.24, 2.45) is 74.2 Å². The molecule has 0 unspecified atom stereocenters. The summed E-state index contributed by atoms with van der Waals surface area (Å²) < 4.78 is 13.4. The van der Waals surface area contributed by atoms with Crippen LogP contribution in [0.15, 0.2) is 11.6 Å². The minimum absolute atomic E-state index is 0.0221. The van der Waals surface area contributed by atoms with Crippen LogP contribution in [0.5, 0.6) is 0 Å². The van der Waals surface area contributed by atoms with E-state index in [1.54, 1.807) is 5.57 Å². The second-order valence-electron chi connectivity index (χ2n) is 18.7. The van der Waals surface area contributed by atoms with Crippen LogP contribution in [-0.2, 0) is 14.3 Å². The monoisotopic (exact) mass is 671 g/mol. The molecule has 1 aromatic heterocycles. The lowest BCUT2D eigenvalue weighted by molar-refractivity contribution is -0.253. The number of nitrogens with one attached hydrogen (secondary N) is 1. The number of hydrogen-bond donors (Lipinski definition) is 4. The maximum Gasteiger partial charge on any atom is 0.307 e. The minimum Gasteiger partial charge on any atom is -0.481 e. The number of nitrogens with two attached hydrogens (primary N) is 2. The van der Waals surface area contributed by atoms with E-state index in [4.69, 9.17) is 20.9 Å². The highest BCUT2D eigenvalue weighted by atomic mass is 16.5. The fourth-order valence-electron chi connectivity index (χ4n) is 12.0. The van der Waals surface area contributed by atoms with Crippen molar-refractivity contribution >= 4 is 11.9 Å². The summed E-state index contributed by atoms with van der Waals surface area (Å²) in [6.45, 7) is 27.4. The summed E-state index contributed by atoms with van der Waals surface area (Å²) in [6, 6.07) is 0. The summed E-state index contributed by atoms with van der Waals surface area (Å²) in [5.41, 5.74) is 12.3. The van der Waals surface area contributed by atoms with Gasteiger partial charge in [-0.05, 0) is 102 Å². The maximum absolute atomic E-state index is 13.3. The van der Waals surface area contributed by atoms with E-state index in [0.29, 0.717) is 42.1 Å². The third-order valence-electron chi connectivity index (χ3n) is 15.6. The fraction of sp³-hybridized carbons (Fsp3) is 0.895. The van der Waals surface area contributed by atoms with E-state index >= 15 is 0 Å². The number of hydrogen-bond acceptors (Lipinski definition) is 8. The van der Waals surface area contributed by atoms with Gasteiger partial charge >= 0.3 is 5.97 Å². The molecule has 2 bridgehead atoms. The predicted molar refractivity (Wildman–Crippen MR) is 188 cm³/mol. The Morgan fingerprint density at radius 3 is 2.35 bits per heavy atom. The number of allylic oxidation sites excluding steroid dienone is 1. The molecule has 0 spiro atoms. The summed E-state index contributed by atoms with van der Waals surface area (Å²) in [4.78, 5) is 13.3. The largest absolute Gasteiger partial charge is 0.481 e. The van der Waals surface area contributed by atoms with E-state index in [2.05, 4.69) is 103 Å². The van der Waals surface area contributed by atoms with Crippen molar-refractivity contribution in [3.05, 3.63) is 11.6 Å². The summed E-state index contributed by atoms with van der Waals surface area (Å²) in [5.74, 6) is 1.74. The van der Waals surface area contributed by atoms with Gasteiger partial charge in [-0.3, -0.25) is 4.79 Å². The highest BCUT2D eigenvalue weighted by Gasteiger charge is 2.71. The number of aromatic nitrogens is 4. The van der Waals surface area contributed by atoms with Gasteiger partial charge in [-0.2, -0.15) is 5.21 Å². The lowest BCUT2D eigenvalue weighted by atomic mass is 9.34. The molecule has 12 atom stereocenters. The van der Waals surface area contributed by atoms with Gasteiger partial charge in [-0.1, -0.05) is 86.0 Å². The zero-order valence-corrected chi connectivity index (χ0v) is 31.7. The van der Waals surface area contributed by atoms with Crippen LogP contribution in [0.3, 0.4) is 0 Å². The molecule has 1 aromatic rings. The molecule has 1 aliphatic heterocycles. The molecule has 0 aromatic carbocycles. The number of ether oxygens (including phenoxy) is 2. The molecule has 0 radical (unpaired) electrons. The number of nitrogen functional groups attached to an aromatic ring is 1. The molecule has 5 aliphatic rings. The molecule has 0 amide bonds. The van der Waals surface area contributed by atoms with Gasteiger partial charge in [0.15, 0.2) is 0 Å². The van der Waals surface area contributed by atoms with Crippen molar-refractivity contribution in [1.29, 1.82) is 0 Å². The second kappa shape index (κ2) is 12.6. The van der Waals surface area contributed by atoms with Gasteiger partial charge in [-0.15, -0.1) is 5.10 Å². The van der Waals surface area contributed by atoms with Gasteiger partial charge < -0.3 is 26.0 Å². The summed E-state index contributed by atoms with van der Waals surface area (Å²) in [5, 5.41) is 23.0. The highest BCUT2D eigenvalue weighted by molar-refractivity contribution is 5.73. The molecule has 3 saturated carbocycles. The predicted octanol–water partition coefficient (Wildman–Crippen LogP) is 6.75. The van der Waals surface area contributed by atoms with E-state index < -0.39 is 5.97 Å². The average Bonchev–Trinajstić information content (AvgIpc) is 3.47. The first-order valence-electron chi connectivity index (χ1n) is 18.6. The molecule has 10 nitrogen and oxygen atoms in total. The molecular formula is C38H66N6O4. The Bertz CT molecular complexity index is 1350. The number of H-pyrrole nitrogens is 1. The smallest absolute Gasteiger partial charge is 0.307 e. The first-order chi connectivity index (χ1) is 22.2. The normalized spacial score (nSPS) is 43.9. The molecule has 2 heterocycles. The van der Waals surface area contributed by atoms with Crippen LogP contribution >= 0.6 is 0 Å². The SMILES string of the molecule is CC(C)[C@@H](C)[C@@]1(C)CC[C@]2(C)[C@H]3CC[C@@H]4[C@@]5(COC[C@]4(C)[C@@H](OC[C@](C)(N)C(C)C)[C@H](C)C5)C3=CC[C@@]2(C)[C@@H]1C(=O)O.Nc1nn[nH]n1. The summed E-state index contributed by atoms with van der Waals surface area (Å²) in [6.07, 6.45) is 9.03. The van der Waals surface area contributed by atoms with E-state index in [1.807, 2.05) is 0 Å². The zero-order valence-electron chi connectivity index (χ0n) is 31.7. The number of rotatable bonds is 7. The Kier molecular flexibility index (Phi) is 9.79. The third-order valence-corrected chi connectivity index (χ3v) is 15.6. The number of carboxylic acids is 1. The van der Waals surface area contributed by atoms with Crippen LogP contribution in [0.2, 0.25) is 0 Å². The fourth-order valence-corrected chi connectivity index (χ4v) is 12.0. The Balaban J connectivity index is 0.000000677. The standard InChI is InChI=1S/C37H63NO4.CH3N5/c1-22(2)25(6)32(7)16-17-34(9)26-12-13-28-33(8)19-41-21-37(28,27(26)14-15-35(34,10)29(32)31(39)40)18-24(5)30(33)42-20-36(11,38)23(3)4;2-1-3-5-6-4-1/h14,22-26,28-30H,12-13,15-21,38H2,1-11H3,(H,39,40);(H3,2,3,4,5,6)/t24-,25-,26+,28+,29-,30+,32-,33+,34-,35+,36+,37+;/m1./s1. The van der Waals surface area contributed by atoms with E-state index in [1.165, 1.54) is 6.42 Å². The number of aromatic amines is 1. The Labute approximate surface area is 289 Å². The summed E-state index contributed by atoms with van der Waals surface area (Å²) in [7, 11) is 0. The van der Waals surface area contributed by atoms with Crippen LogP contribution in [0, 0.1) is 68.5 Å². The van der Waals surface area contributed by atoms with E-state index in [-0.39, 0.29) is 50.6 Å². The lowest BCUT2D eigenvalue weighted by Gasteiger charge is -2.71. The van der Waals surface area contributed by atoms with Crippen molar-refractivity contribution in [2.45, 2.75) is 126 Å². The number of tetrazole rings is 1. The molecule has 1 saturated heterocycles. The van der Waals surface area contributed by atoms with Crippen molar-refractivity contribution in [1.82, 2.24) is 20.6 Å². The lowest BCUT2D eigenvalue weighted by Crippen LogP contribution is -2.69. The quantitative estimate of drug-likeness (QED) is 0.230. The van der Waals surface area contributed by atoms with Crippen molar-refractivity contribution in [3.8, 4) is 0 Å². The van der Waals surface area contributed by atoms with Crippen LogP contribution in [0.25, 0.3) is 0 Å². The first-order valence-corrected chi connectivity index (χ1v) is 18.6. The summed E-state index contributed by atoms with van der Waals surface area (Å²) >= 11 is 0. The van der Waals surface area contributed by atoms with Gasteiger partial charge in [-0.25, -0.2) is 0 Å². The van der Waals surface area contributed by atoms with Gasteiger partial charge in [0.05, 0.1) is 31.8 Å². The number of aliphatic carboxylic acids is 1. The van der Waals surface area contributed by atoms with Gasteiger partial charge in [0.2, 0.25) is 0 Å². The highest BCUT2D eigenvalue weighted by Crippen LogP contribution is 2.75. The molecule has 10 heteroatoms. The number of nitrogens with zero attached hydrogens (tertiary/aromatic N) is 3. The zero-order chi connectivity index (χ0) is 35.7. The third kappa shape index (κ3) is 5.55. The van der Waals surface area contributed by atoms with Gasteiger partial charge in [0, 0.05) is 16.4 Å². The maximum atomic E-state index is 13.3. The van der Waals surface area contributed by atoms with Crippen LogP contribution in [0.4, 0.5) is 5.95 Å².